The minimum Gasteiger partial charge on any atom is -0.493 e. The van der Waals surface area contributed by atoms with Crippen molar-refractivity contribution in [3.8, 4) is 5.75 Å². The van der Waals surface area contributed by atoms with E-state index in [1.54, 1.807) is 19.1 Å². The maximum absolute atomic E-state index is 14.3. The van der Waals surface area contributed by atoms with Gasteiger partial charge >= 0.3 is 0 Å². The quantitative estimate of drug-likeness (QED) is 0.157. The monoisotopic (exact) mass is 740 g/mol. The molecule has 0 bridgehead atoms. The summed E-state index contributed by atoms with van der Waals surface area (Å²) in [6.45, 7) is 5.46. The molecule has 5 rings (SSSR count). The van der Waals surface area contributed by atoms with Gasteiger partial charge in [-0.2, -0.15) is 5.10 Å². The number of amides is 2. The van der Waals surface area contributed by atoms with Crippen LogP contribution in [0.25, 0.3) is 0 Å². The predicted molar refractivity (Wildman–Crippen MR) is 187 cm³/mol. The van der Waals surface area contributed by atoms with Gasteiger partial charge in [0.1, 0.15) is 10.6 Å². The lowest BCUT2D eigenvalue weighted by Gasteiger charge is -2.33. The second-order valence-electron chi connectivity index (χ2n) is 11.6. The second kappa shape index (κ2) is 14.4. The van der Waals surface area contributed by atoms with Gasteiger partial charge in [0.15, 0.2) is 18.2 Å². The molecule has 0 spiro atoms. The molecule has 0 aliphatic carbocycles. The zero-order valence-corrected chi connectivity index (χ0v) is 29.8. The van der Waals surface area contributed by atoms with Gasteiger partial charge in [-0.3, -0.25) is 23.4 Å². The predicted octanol–water partition coefficient (Wildman–Crippen LogP) is 4.35. The van der Waals surface area contributed by atoms with Gasteiger partial charge in [0.05, 0.1) is 36.0 Å². The van der Waals surface area contributed by atoms with Crippen molar-refractivity contribution in [2.24, 2.45) is 4.99 Å². The van der Waals surface area contributed by atoms with Gasteiger partial charge in [0.2, 0.25) is 10.0 Å². The number of aromatic nitrogens is 2. The number of aliphatic imine (C=N–C) groups is 1. The van der Waals surface area contributed by atoms with E-state index in [-0.39, 0.29) is 57.8 Å². The molecule has 17 heteroatoms. The van der Waals surface area contributed by atoms with E-state index in [1.807, 2.05) is 36.8 Å². The first-order valence-electron chi connectivity index (χ1n) is 15.1. The molecule has 1 aliphatic rings. The number of hydrogen-bond acceptors (Lipinski definition) is 10. The standard InChI is InChI=1S/C33H33ClN6O8S2/c1-20-10-11-28(22(3)14-20)48-13-7-12-40-31(36-26-8-5-6-9-29(26)50(40,46)47)30(39-18-24(17-35-39)32(42)38-49(4,44)45)33(43)37-27-15-21(2)25(34)16-23(27)19-41/h5-6,8-11,14-19,30H,7,12-13H2,1-4H3,(H,37,43)(H,38,42). The molecule has 50 heavy (non-hydrogen) atoms. The number of fused-ring (bicyclic) bond motifs is 1. The van der Waals surface area contributed by atoms with Crippen LogP contribution in [0.3, 0.4) is 0 Å². The molecule has 1 aromatic heterocycles. The van der Waals surface area contributed by atoms with Crippen molar-refractivity contribution in [3.05, 3.63) is 99.8 Å². The van der Waals surface area contributed by atoms with Crippen LogP contribution in [-0.4, -0.2) is 74.3 Å². The largest absolute Gasteiger partial charge is 0.493 e. The molecule has 262 valence electrons. The van der Waals surface area contributed by atoms with Crippen molar-refractivity contribution < 1.29 is 36.0 Å². The summed E-state index contributed by atoms with van der Waals surface area (Å²) in [6.07, 6.45) is 3.59. The molecular formula is C33H33ClN6O8S2. The SMILES string of the molecule is Cc1ccc(OCCCN2C(C(C(=O)Nc3cc(C)c(Cl)cc3C=O)n3cc(C(=O)NS(C)(=O)=O)cn3)=Nc3ccccc3S2(=O)=O)c(C)c1. The molecule has 14 nitrogen and oxygen atoms in total. The smallest absolute Gasteiger partial charge is 0.267 e. The van der Waals surface area contributed by atoms with E-state index in [9.17, 15) is 31.2 Å². The Bertz CT molecular complexity index is 2250. The Kier molecular flexibility index (Phi) is 10.5. The van der Waals surface area contributed by atoms with E-state index in [0.29, 0.717) is 17.6 Å². The minimum atomic E-state index is -4.32. The number of ether oxygens (including phenoxy) is 1. The second-order valence-corrected chi connectivity index (χ2v) is 15.6. The van der Waals surface area contributed by atoms with Crippen LogP contribution in [0.2, 0.25) is 5.02 Å². The average molecular weight is 741 g/mol. The fraction of sp³-hybridized carbons (Fsp3) is 0.242. The first kappa shape index (κ1) is 36.2. The van der Waals surface area contributed by atoms with Gasteiger partial charge in [0, 0.05) is 29.7 Å². The number of aryl methyl sites for hydroxylation is 3. The maximum Gasteiger partial charge on any atom is 0.267 e. The summed E-state index contributed by atoms with van der Waals surface area (Å²) >= 11 is 6.20. The van der Waals surface area contributed by atoms with Crippen molar-refractivity contribution in [2.45, 2.75) is 38.1 Å². The Morgan fingerprint density at radius 1 is 1.06 bits per heavy atom. The zero-order chi connectivity index (χ0) is 36.4. The van der Waals surface area contributed by atoms with Gasteiger partial charge in [0.25, 0.3) is 21.8 Å². The van der Waals surface area contributed by atoms with Crippen LogP contribution in [0.5, 0.6) is 5.75 Å². The van der Waals surface area contributed by atoms with Crippen LogP contribution < -0.4 is 14.8 Å². The van der Waals surface area contributed by atoms with Crippen LogP contribution in [0.15, 0.2) is 76.9 Å². The van der Waals surface area contributed by atoms with Gasteiger partial charge in [-0.25, -0.2) is 26.6 Å². The van der Waals surface area contributed by atoms with Crippen molar-refractivity contribution in [2.75, 3.05) is 24.7 Å². The molecule has 0 saturated carbocycles. The lowest BCUT2D eigenvalue weighted by Crippen LogP contribution is -2.47. The van der Waals surface area contributed by atoms with Crippen molar-refractivity contribution in [1.29, 1.82) is 0 Å². The first-order chi connectivity index (χ1) is 23.6. The number of anilines is 1. The number of aldehydes is 1. The number of sulfonamides is 2. The maximum atomic E-state index is 14.3. The molecule has 2 N–H and O–H groups in total. The van der Waals surface area contributed by atoms with Gasteiger partial charge < -0.3 is 10.1 Å². The van der Waals surface area contributed by atoms with E-state index in [4.69, 9.17) is 16.3 Å². The Morgan fingerprint density at radius 2 is 1.80 bits per heavy atom. The summed E-state index contributed by atoms with van der Waals surface area (Å²) in [5.41, 5.74) is 2.45. The highest BCUT2D eigenvalue weighted by atomic mass is 35.5. The number of amidine groups is 1. The number of nitrogens with one attached hydrogen (secondary N) is 2. The molecule has 0 saturated heterocycles. The summed E-state index contributed by atoms with van der Waals surface area (Å²) in [5.74, 6) is -1.55. The van der Waals surface area contributed by atoms with Crippen LogP contribution in [0.4, 0.5) is 11.4 Å². The molecule has 1 unspecified atom stereocenters. The number of benzene rings is 3. The van der Waals surface area contributed by atoms with Crippen molar-refractivity contribution in [1.82, 2.24) is 18.8 Å². The Labute approximate surface area is 294 Å². The summed E-state index contributed by atoms with van der Waals surface area (Å²) in [4.78, 5) is 43.4. The highest BCUT2D eigenvalue weighted by molar-refractivity contribution is 7.90. The molecule has 0 fully saturated rings. The fourth-order valence-corrected chi connectivity index (χ4v) is 7.50. The molecule has 1 aliphatic heterocycles. The van der Waals surface area contributed by atoms with E-state index >= 15 is 0 Å². The Morgan fingerprint density at radius 3 is 2.50 bits per heavy atom. The fourth-order valence-electron chi connectivity index (χ4n) is 5.26. The third-order valence-electron chi connectivity index (χ3n) is 7.63. The number of hydrogen-bond donors (Lipinski definition) is 2. The van der Waals surface area contributed by atoms with E-state index in [2.05, 4.69) is 15.4 Å². The van der Waals surface area contributed by atoms with Crippen LogP contribution in [-0.2, 0) is 24.8 Å². The highest BCUT2D eigenvalue weighted by Crippen LogP contribution is 2.36. The molecule has 2 heterocycles. The lowest BCUT2D eigenvalue weighted by molar-refractivity contribution is -0.117. The number of rotatable bonds is 12. The number of carbonyl (C=O) groups is 3. The minimum absolute atomic E-state index is 0.0466. The molecule has 2 amide bonds. The molecule has 4 aromatic rings. The lowest BCUT2D eigenvalue weighted by atomic mass is 10.1. The van der Waals surface area contributed by atoms with E-state index in [0.717, 1.165) is 38.8 Å². The number of para-hydroxylation sites is 1. The van der Waals surface area contributed by atoms with Crippen LogP contribution >= 0.6 is 11.6 Å². The average Bonchev–Trinajstić information content (AvgIpc) is 3.52. The summed E-state index contributed by atoms with van der Waals surface area (Å²) in [5, 5.41) is 7.10. The number of halogens is 1. The van der Waals surface area contributed by atoms with E-state index < -0.39 is 37.9 Å². The van der Waals surface area contributed by atoms with Gasteiger partial charge in [-0.1, -0.05) is 41.4 Å². The summed E-state index contributed by atoms with van der Waals surface area (Å²) < 4.78 is 61.6. The summed E-state index contributed by atoms with van der Waals surface area (Å²) in [6, 6.07) is 12.9. The molecule has 3 aromatic carbocycles. The third kappa shape index (κ3) is 7.87. The van der Waals surface area contributed by atoms with Crippen molar-refractivity contribution >= 4 is 67.0 Å². The topological polar surface area (TPSA) is 186 Å². The van der Waals surface area contributed by atoms with Crippen LogP contribution in [0.1, 0.15) is 49.9 Å². The normalized spacial score (nSPS) is 14.3. The highest BCUT2D eigenvalue weighted by Gasteiger charge is 2.41. The first-order valence-corrected chi connectivity index (χ1v) is 18.8. The van der Waals surface area contributed by atoms with Gasteiger partial charge in [-0.15, -0.1) is 0 Å². The number of nitrogens with zero attached hydrogens (tertiary/aromatic N) is 4. The van der Waals surface area contributed by atoms with Crippen molar-refractivity contribution in [3.63, 3.8) is 0 Å². The molecular weight excluding hydrogens is 708 g/mol. The zero-order valence-electron chi connectivity index (χ0n) is 27.4. The third-order valence-corrected chi connectivity index (χ3v) is 10.4. The van der Waals surface area contributed by atoms with Gasteiger partial charge in [-0.05, 0) is 62.2 Å². The molecule has 0 radical (unpaired) electrons. The molecule has 1 atom stereocenters. The summed E-state index contributed by atoms with van der Waals surface area (Å²) in [7, 11) is -8.27. The van der Waals surface area contributed by atoms with E-state index in [1.165, 1.54) is 24.3 Å². The Hall–Kier alpha value is -5.06. The van der Waals surface area contributed by atoms with Crippen LogP contribution in [0, 0.1) is 20.8 Å². The number of carbonyl (C=O) groups excluding carboxylic acids is 3. The Balaban J connectivity index is 1.58.